The quantitative estimate of drug-likeness (QED) is 0.748. The fourth-order valence-electron chi connectivity index (χ4n) is 1.50. The van der Waals surface area contributed by atoms with Gasteiger partial charge in [-0.15, -0.1) is 0 Å². The molecule has 0 amide bonds. The Labute approximate surface area is 117 Å². The van der Waals surface area contributed by atoms with Gasteiger partial charge in [0, 0.05) is 12.8 Å². The van der Waals surface area contributed by atoms with E-state index in [1.54, 1.807) is 12.1 Å². The Morgan fingerprint density at radius 1 is 1.15 bits per heavy atom. The van der Waals surface area contributed by atoms with E-state index >= 15 is 0 Å². The fourth-order valence-corrected chi connectivity index (χ4v) is 2.51. The summed E-state index contributed by atoms with van der Waals surface area (Å²) in [5.41, 5.74) is 0.939. The summed E-state index contributed by atoms with van der Waals surface area (Å²) in [5, 5.41) is 8.43. The Kier molecular flexibility index (Phi) is 5.84. The van der Waals surface area contributed by atoms with Crippen LogP contribution in [0, 0.1) is 6.92 Å². The summed E-state index contributed by atoms with van der Waals surface area (Å²) in [6, 6.07) is 6.27. The van der Waals surface area contributed by atoms with Crippen molar-refractivity contribution < 1.29 is 23.1 Å². The first-order valence-corrected chi connectivity index (χ1v) is 7.59. The van der Waals surface area contributed by atoms with Crippen LogP contribution in [-0.4, -0.2) is 31.8 Å². The normalized spacial score (nSPS) is 11.2. The molecule has 0 fully saturated rings. The summed E-state index contributed by atoms with van der Waals surface area (Å²) in [4.78, 5) is 21.8. The smallest absolute Gasteiger partial charge is 0.303 e. The zero-order valence-electron chi connectivity index (χ0n) is 11.1. The molecule has 1 rings (SSSR count). The third-order valence-electron chi connectivity index (χ3n) is 2.64. The van der Waals surface area contributed by atoms with Crippen molar-refractivity contribution in [2.24, 2.45) is 0 Å². The summed E-state index contributed by atoms with van der Waals surface area (Å²) >= 11 is 0. The number of sulfonamides is 1. The van der Waals surface area contributed by atoms with E-state index in [-0.39, 0.29) is 36.5 Å². The van der Waals surface area contributed by atoms with Gasteiger partial charge in [0.15, 0.2) is 0 Å². The van der Waals surface area contributed by atoms with Crippen LogP contribution < -0.4 is 4.72 Å². The van der Waals surface area contributed by atoms with E-state index in [4.69, 9.17) is 5.11 Å². The number of carbonyl (C=O) groups excluding carboxylic acids is 1. The minimum Gasteiger partial charge on any atom is -0.481 e. The van der Waals surface area contributed by atoms with Crippen LogP contribution in [0.25, 0.3) is 0 Å². The molecular weight excluding hydrogens is 282 g/mol. The van der Waals surface area contributed by atoms with Crippen molar-refractivity contribution >= 4 is 21.8 Å². The number of aliphatic carboxylic acids is 1. The van der Waals surface area contributed by atoms with Crippen molar-refractivity contribution in [2.45, 2.75) is 31.1 Å². The van der Waals surface area contributed by atoms with Gasteiger partial charge in [0.05, 0.1) is 11.4 Å². The van der Waals surface area contributed by atoms with Crippen LogP contribution >= 0.6 is 0 Å². The molecule has 0 unspecified atom stereocenters. The summed E-state index contributed by atoms with van der Waals surface area (Å²) in [5.74, 6) is -1.31. The van der Waals surface area contributed by atoms with Gasteiger partial charge in [0.2, 0.25) is 10.0 Å². The van der Waals surface area contributed by atoms with Gasteiger partial charge < -0.3 is 5.11 Å². The van der Waals surface area contributed by atoms with Crippen molar-refractivity contribution in [1.29, 1.82) is 0 Å². The Morgan fingerprint density at radius 3 is 2.30 bits per heavy atom. The largest absolute Gasteiger partial charge is 0.481 e. The standard InChI is InChI=1S/C13H17NO5S/c1-10-5-7-12(8-6-10)20(18,19)14-9-11(15)3-2-4-13(16)17/h5-8,14H,2-4,9H2,1H3,(H,16,17). The Bertz CT molecular complexity index is 577. The number of rotatable bonds is 8. The van der Waals surface area contributed by atoms with E-state index in [0.717, 1.165) is 5.56 Å². The molecule has 0 atom stereocenters. The van der Waals surface area contributed by atoms with Crippen LogP contribution in [-0.2, 0) is 19.6 Å². The highest BCUT2D eigenvalue weighted by Gasteiger charge is 2.15. The molecule has 20 heavy (non-hydrogen) atoms. The molecule has 1 aromatic carbocycles. The number of aryl methyl sites for hydroxylation is 1. The highest BCUT2D eigenvalue weighted by Crippen LogP contribution is 2.09. The number of carboxylic acid groups (broad SMARTS) is 1. The van der Waals surface area contributed by atoms with Crippen LogP contribution in [0.5, 0.6) is 0 Å². The number of hydrogen-bond donors (Lipinski definition) is 2. The van der Waals surface area contributed by atoms with Gasteiger partial charge in [-0.05, 0) is 25.5 Å². The maximum absolute atomic E-state index is 11.9. The summed E-state index contributed by atoms with van der Waals surface area (Å²) in [6.07, 6.45) is 0.152. The zero-order valence-corrected chi connectivity index (χ0v) is 11.9. The van der Waals surface area contributed by atoms with Gasteiger partial charge in [-0.1, -0.05) is 17.7 Å². The van der Waals surface area contributed by atoms with Gasteiger partial charge in [-0.2, -0.15) is 0 Å². The number of carbonyl (C=O) groups is 2. The predicted molar refractivity (Wildman–Crippen MR) is 72.9 cm³/mol. The molecule has 6 nitrogen and oxygen atoms in total. The Morgan fingerprint density at radius 2 is 1.75 bits per heavy atom. The van der Waals surface area contributed by atoms with E-state index < -0.39 is 16.0 Å². The molecular formula is C13H17NO5S. The zero-order chi connectivity index (χ0) is 15.2. The summed E-state index contributed by atoms with van der Waals surface area (Å²) < 4.78 is 26.0. The molecule has 0 heterocycles. The van der Waals surface area contributed by atoms with Gasteiger partial charge in [0.1, 0.15) is 5.78 Å². The number of carboxylic acids is 1. The van der Waals surface area contributed by atoms with Crippen molar-refractivity contribution in [3.05, 3.63) is 29.8 Å². The van der Waals surface area contributed by atoms with E-state index in [9.17, 15) is 18.0 Å². The predicted octanol–water partition coefficient (Wildman–Crippen LogP) is 1.10. The fraction of sp³-hybridized carbons (Fsp3) is 0.385. The first-order chi connectivity index (χ1) is 9.31. The number of hydrogen-bond acceptors (Lipinski definition) is 4. The highest BCUT2D eigenvalue weighted by atomic mass is 32.2. The second-order valence-electron chi connectivity index (χ2n) is 4.42. The van der Waals surface area contributed by atoms with Crippen molar-refractivity contribution in [2.75, 3.05) is 6.54 Å². The molecule has 0 saturated carbocycles. The maximum atomic E-state index is 11.9. The number of ketones is 1. The van der Waals surface area contributed by atoms with Crippen LogP contribution in [0.2, 0.25) is 0 Å². The average Bonchev–Trinajstić information content (AvgIpc) is 2.36. The van der Waals surface area contributed by atoms with E-state index in [0.29, 0.717) is 0 Å². The van der Waals surface area contributed by atoms with E-state index in [2.05, 4.69) is 4.72 Å². The van der Waals surface area contributed by atoms with Gasteiger partial charge in [-0.25, -0.2) is 13.1 Å². The van der Waals surface area contributed by atoms with Crippen LogP contribution in [0.15, 0.2) is 29.2 Å². The van der Waals surface area contributed by atoms with Crippen LogP contribution in [0.4, 0.5) is 0 Å². The molecule has 0 spiro atoms. The molecule has 0 aromatic heterocycles. The molecule has 0 saturated heterocycles. The van der Waals surface area contributed by atoms with E-state index in [1.807, 2.05) is 6.92 Å². The molecule has 0 bridgehead atoms. The van der Waals surface area contributed by atoms with Crippen LogP contribution in [0.1, 0.15) is 24.8 Å². The highest BCUT2D eigenvalue weighted by molar-refractivity contribution is 7.89. The third kappa shape index (κ3) is 5.50. The second kappa shape index (κ2) is 7.16. The Hall–Kier alpha value is -1.73. The molecule has 7 heteroatoms. The Balaban J connectivity index is 2.49. The third-order valence-corrected chi connectivity index (χ3v) is 4.05. The van der Waals surface area contributed by atoms with Crippen molar-refractivity contribution in [3.8, 4) is 0 Å². The lowest BCUT2D eigenvalue weighted by molar-refractivity contribution is -0.137. The molecule has 0 radical (unpaired) electrons. The summed E-state index contributed by atoms with van der Waals surface area (Å²) in [6.45, 7) is 1.52. The minimum absolute atomic E-state index is 0.0444. The number of nitrogens with one attached hydrogen (secondary N) is 1. The molecule has 0 aliphatic carbocycles. The lowest BCUT2D eigenvalue weighted by atomic mass is 10.2. The van der Waals surface area contributed by atoms with Gasteiger partial charge >= 0.3 is 5.97 Å². The lowest BCUT2D eigenvalue weighted by Gasteiger charge is -2.06. The molecule has 0 aliphatic rings. The van der Waals surface area contributed by atoms with E-state index in [1.165, 1.54) is 12.1 Å². The topological polar surface area (TPSA) is 101 Å². The summed E-state index contributed by atoms with van der Waals surface area (Å²) in [7, 11) is -3.70. The maximum Gasteiger partial charge on any atom is 0.303 e. The SMILES string of the molecule is Cc1ccc(S(=O)(=O)NCC(=O)CCCC(=O)O)cc1. The van der Waals surface area contributed by atoms with Crippen LogP contribution in [0.3, 0.4) is 0 Å². The minimum atomic E-state index is -3.70. The number of benzene rings is 1. The monoisotopic (exact) mass is 299 g/mol. The molecule has 2 N–H and O–H groups in total. The first kappa shape index (κ1) is 16.3. The molecule has 110 valence electrons. The second-order valence-corrected chi connectivity index (χ2v) is 6.19. The molecule has 0 aliphatic heterocycles. The van der Waals surface area contributed by atoms with Gasteiger partial charge in [0.25, 0.3) is 0 Å². The van der Waals surface area contributed by atoms with Crippen molar-refractivity contribution in [1.82, 2.24) is 4.72 Å². The number of Topliss-reactive ketones (excluding diaryl/α,β-unsaturated/α-hetero) is 1. The van der Waals surface area contributed by atoms with Crippen molar-refractivity contribution in [3.63, 3.8) is 0 Å². The average molecular weight is 299 g/mol. The first-order valence-electron chi connectivity index (χ1n) is 6.11. The van der Waals surface area contributed by atoms with Gasteiger partial charge in [-0.3, -0.25) is 9.59 Å². The lowest BCUT2D eigenvalue weighted by Crippen LogP contribution is -2.29. The molecule has 1 aromatic rings.